The van der Waals surface area contributed by atoms with Crippen LogP contribution in [0.3, 0.4) is 0 Å². The maximum atomic E-state index is 10.8. The third kappa shape index (κ3) is 4.04. The molecular weight excluding hydrogens is 270 g/mol. The molecule has 2 aromatic rings. The Labute approximate surface area is 121 Å². The van der Waals surface area contributed by atoms with Crippen LogP contribution < -0.4 is 5.32 Å². The molecule has 0 aromatic heterocycles. The summed E-state index contributed by atoms with van der Waals surface area (Å²) in [6.07, 6.45) is 1.58. The summed E-state index contributed by atoms with van der Waals surface area (Å²) < 4.78 is 0. The lowest BCUT2D eigenvalue weighted by Gasteiger charge is -2.04. The summed E-state index contributed by atoms with van der Waals surface area (Å²) in [5, 5.41) is 23.4. The van der Waals surface area contributed by atoms with Crippen molar-refractivity contribution in [1.82, 2.24) is 0 Å². The molecule has 6 heteroatoms. The van der Waals surface area contributed by atoms with Gasteiger partial charge < -0.3 is 10.4 Å². The Kier molecular flexibility index (Phi) is 4.87. The molecule has 2 rings (SSSR count). The highest BCUT2D eigenvalue weighted by atomic mass is 16.6. The van der Waals surface area contributed by atoms with E-state index in [0.29, 0.717) is 24.3 Å². The molecular formula is C15H15N3O3. The predicted molar refractivity (Wildman–Crippen MR) is 82.2 cm³/mol. The van der Waals surface area contributed by atoms with E-state index in [1.165, 1.54) is 6.07 Å². The van der Waals surface area contributed by atoms with Crippen LogP contribution in [-0.2, 0) is 0 Å². The minimum absolute atomic E-state index is 0.0437. The second-order valence-corrected chi connectivity index (χ2v) is 4.30. The van der Waals surface area contributed by atoms with Gasteiger partial charge in [0.2, 0.25) is 0 Å². The molecule has 0 aliphatic rings. The van der Waals surface area contributed by atoms with Gasteiger partial charge in [-0.25, -0.2) is 0 Å². The van der Waals surface area contributed by atoms with Crippen molar-refractivity contribution in [3.05, 3.63) is 64.2 Å². The number of rotatable bonds is 6. The van der Waals surface area contributed by atoms with Gasteiger partial charge in [-0.2, -0.15) is 0 Å². The van der Waals surface area contributed by atoms with Gasteiger partial charge >= 0.3 is 0 Å². The summed E-state index contributed by atoms with van der Waals surface area (Å²) >= 11 is 0. The molecule has 0 amide bonds. The van der Waals surface area contributed by atoms with Crippen molar-refractivity contribution in [2.75, 3.05) is 18.4 Å². The number of nitro benzene ring substituents is 1. The number of benzene rings is 2. The number of phenolic OH excluding ortho intramolecular Hbond substituents is 1. The van der Waals surface area contributed by atoms with Gasteiger partial charge in [0.05, 0.1) is 11.5 Å². The van der Waals surface area contributed by atoms with Gasteiger partial charge in [0.15, 0.2) is 0 Å². The Morgan fingerprint density at radius 1 is 1.19 bits per heavy atom. The Morgan fingerprint density at radius 2 is 1.90 bits per heavy atom. The van der Waals surface area contributed by atoms with Crippen LogP contribution in [0.25, 0.3) is 0 Å². The van der Waals surface area contributed by atoms with Gasteiger partial charge in [-0.1, -0.05) is 24.3 Å². The van der Waals surface area contributed by atoms with Crippen LogP contribution in [0.5, 0.6) is 5.75 Å². The Morgan fingerprint density at radius 3 is 2.67 bits per heavy atom. The van der Waals surface area contributed by atoms with E-state index in [1.807, 2.05) is 6.07 Å². The van der Waals surface area contributed by atoms with Crippen molar-refractivity contribution in [1.29, 1.82) is 0 Å². The first-order valence-corrected chi connectivity index (χ1v) is 6.43. The maximum Gasteiger partial charge on any atom is 0.292 e. The molecule has 0 heterocycles. The van der Waals surface area contributed by atoms with Crippen molar-refractivity contribution in [3.63, 3.8) is 0 Å². The lowest BCUT2D eigenvalue weighted by atomic mass is 10.2. The molecule has 0 spiro atoms. The monoisotopic (exact) mass is 285 g/mol. The zero-order valence-electron chi connectivity index (χ0n) is 11.3. The summed E-state index contributed by atoms with van der Waals surface area (Å²) in [7, 11) is 0. The number of nitro groups is 1. The molecule has 0 fully saturated rings. The second-order valence-electron chi connectivity index (χ2n) is 4.30. The van der Waals surface area contributed by atoms with E-state index in [-0.39, 0.29) is 11.4 Å². The van der Waals surface area contributed by atoms with Crippen LogP contribution in [0.15, 0.2) is 53.5 Å². The Bertz CT molecular complexity index is 656. The summed E-state index contributed by atoms with van der Waals surface area (Å²) in [6.45, 7) is 0.912. The quantitative estimate of drug-likeness (QED) is 0.370. The highest BCUT2D eigenvalue weighted by molar-refractivity contribution is 5.83. The number of anilines is 1. The van der Waals surface area contributed by atoms with Crippen molar-refractivity contribution < 1.29 is 10.0 Å². The van der Waals surface area contributed by atoms with E-state index in [0.717, 1.165) is 0 Å². The Hall–Kier alpha value is -2.89. The fourth-order valence-corrected chi connectivity index (χ4v) is 1.80. The van der Waals surface area contributed by atoms with Crippen LogP contribution >= 0.6 is 0 Å². The molecule has 21 heavy (non-hydrogen) atoms. The first-order chi connectivity index (χ1) is 10.2. The van der Waals surface area contributed by atoms with Crippen LogP contribution in [-0.4, -0.2) is 29.3 Å². The summed E-state index contributed by atoms with van der Waals surface area (Å²) in [4.78, 5) is 14.6. The zero-order chi connectivity index (χ0) is 15.1. The molecule has 0 aliphatic carbocycles. The number of aromatic hydroxyl groups is 1. The molecule has 0 unspecified atom stereocenters. The van der Waals surface area contributed by atoms with Gasteiger partial charge in [0.25, 0.3) is 5.69 Å². The lowest BCUT2D eigenvalue weighted by molar-refractivity contribution is -0.384. The van der Waals surface area contributed by atoms with Gasteiger partial charge in [-0.05, 0) is 18.2 Å². The minimum Gasteiger partial charge on any atom is -0.507 e. The van der Waals surface area contributed by atoms with E-state index < -0.39 is 4.92 Å². The fourth-order valence-electron chi connectivity index (χ4n) is 1.80. The highest BCUT2D eigenvalue weighted by Crippen LogP contribution is 2.22. The van der Waals surface area contributed by atoms with Gasteiger partial charge in [0.1, 0.15) is 11.4 Å². The molecule has 0 atom stereocenters. The molecule has 0 aliphatic heterocycles. The van der Waals surface area contributed by atoms with E-state index in [4.69, 9.17) is 0 Å². The molecule has 0 bridgehead atoms. The number of hydrogen-bond acceptors (Lipinski definition) is 5. The molecule has 0 saturated carbocycles. The average Bonchev–Trinajstić information content (AvgIpc) is 2.49. The molecule has 0 saturated heterocycles. The first-order valence-electron chi connectivity index (χ1n) is 6.43. The number of phenols is 1. The topological polar surface area (TPSA) is 87.8 Å². The molecule has 0 radical (unpaired) electrons. The third-order valence-electron chi connectivity index (χ3n) is 2.82. The average molecular weight is 285 g/mol. The predicted octanol–water partition coefficient (Wildman–Crippen LogP) is 2.83. The van der Waals surface area contributed by atoms with Crippen LogP contribution in [0, 0.1) is 10.1 Å². The zero-order valence-corrected chi connectivity index (χ0v) is 11.3. The van der Waals surface area contributed by atoms with Gasteiger partial charge in [0, 0.05) is 24.4 Å². The lowest BCUT2D eigenvalue weighted by Crippen LogP contribution is -2.07. The smallest absolute Gasteiger partial charge is 0.292 e. The third-order valence-corrected chi connectivity index (χ3v) is 2.82. The maximum absolute atomic E-state index is 10.8. The van der Waals surface area contributed by atoms with E-state index in [1.54, 1.807) is 42.6 Å². The standard InChI is InChI=1S/C15H15N3O3/c19-15-8-4-1-5-12(15)11-16-9-10-17-13-6-2-3-7-14(13)18(20)21/h1-8,11,17,19H,9-10H2. The Balaban J connectivity index is 1.88. The van der Waals surface area contributed by atoms with Crippen molar-refractivity contribution in [2.24, 2.45) is 4.99 Å². The number of nitrogens with zero attached hydrogens (tertiary/aromatic N) is 2. The van der Waals surface area contributed by atoms with E-state index in [9.17, 15) is 15.2 Å². The molecule has 108 valence electrons. The number of aliphatic imine (C=N–C) groups is 1. The summed E-state index contributed by atoms with van der Waals surface area (Å²) in [5.41, 5.74) is 1.16. The van der Waals surface area contributed by atoms with Crippen molar-refractivity contribution in [2.45, 2.75) is 0 Å². The molecule has 2 aromatic carbocycles. The second kappa shape index (κ2) is 7.04. The van der Waals surface area contributed by atoms with Gasteiger partial charge in [-0.15, -0.1) is 0 Å². The number of nitrogens with one attached hydrogen (secondary N) is 1. The summed E-state index contributed by atoms with van der Waals surface area (Å²) in [6, 6.07) is 13.4. The number of hydrogen-bond donors (Lipinski definition) is 2. The number of para-hydroxylation sites is 3. The molecule has 2 N–H and O–H groups in total. The highest BCUT2D eigenvalue weighted by Gasteiger charge is 2.10. The minimum atomic E-state index is -0.423. The summed E-state index contributed by atoms with van der Waals surface area (Å²) in [5.74, 6) is 0.174. The van der Waals surface area contributed by atoms with Crippen molar-refractivity contribution in [3.8, 4) is 5.75 Å². The fraction of sp³-hybridized carbons (Fsp3) is 0.133. The van der Waals surface area contributed by atoms with Crippen LogP contribution in [0.2, 0.25) is 0 Å². The van der Waals surface area contributed by atoms with Crippen LogP contribution in [0.1, 0.15) is 5.56 Å². The first kappa shape index (κ1) is 14.5. The normalized spacial score (nSPS) is 10.7. The molecule has 6 nitrogen and oxygen atoms in total. The van der Waals surface area contributed by atoms with Crippen molar-refractivity contribution >= 4 is 17.6 Å². The SMILES string of the molecule is O=[N+]([O-])c1ccccc1NCCN=Cc1ccccc1O. The largest absolute Gasteiger partial charge is 0.507 e. The van der Waals surface area contributed by atoms with Gasteiger partial charge in [-0.3, -0.25) is 15.1 Å². The van der Waals surface area contributed by atoms with E-state index in [2.05, 4.69) is 10.3 Å². The van der Waals surface area contributed by atoms with E-state index >= 15 is 0 Å². The van der Waals surface area contributed by atoms with Crippen LogP contribution in [0.4, 0.5) is 11.4 Å².